The minimum Gasteiger partial charge on any atom is -0.326 e. The Labute approximate surface area is 119 Å². The van der Waals surface area contributed by atoms with Gasteiger partial charge in [0.05, 0.1) is 0 Å². The van der Waals surface area contributed by atoms with Crippen molar-refractivity contribution in [1.29, 1.82) is 0 Å². The predicted molar refractivity (Wildman–Crippen MR) is 80.8 cm³/mol. The second-order valence-electron chi connectivity index (χ2n) is 4.65. The van der Waals surface area contributed by atoms with Crippen molar-refractivity contribution >= 4 is 23.2 Å². The molecule has 0 atom stereocenters. The lowest BCUT2D eigenvalue weighted by Crippen LogP contribution is -2.19. The minimum atomic E-state index is -0.254. The highest BCUT2D eigenvalue weighted by Gasteiger charge is 2.04. The smallest absolute Gasteiger partial charge is 0.271 e. The fraction of sp³-hybridized carbons (Fsp3) is 0.400. The first-order valence-corrected chi connectivity index (χ1v) is 6.74. The molecule has 2 N–H and O–H groups in total. The van der Waals surface area contributed by atoms with E-state index in [1.165, 1.54) is 6.92 Å². The average Bonchev–Trinajstić information content (AvgIpc) is 2.42. The van der Waals surface area contributed by atoms with E-state index in [4.69, 9.17) is 0 Å². The Morgan fingerprint density at radius 1 is 1.15 bits per heavy atom. The number of rotatable bonds is 6. The molecular formula is C15H21N3O2. The van der Waals surface area contributed by atoms with Crippen molar-refractivity contribution in [3.05, 3.63) is 29.8 Å². The van der Waals surface area contributed by atoms with Crippen molar-refractivity contribution in [2.45, 2.75) is 40.0 Å². The van der Waals surface area contributed by atoms with Gasteiger partial charge in [-0.1, -0.05) is 13.3 Å². The van der Waals surface area contributed by atoms with E-state index >= 15 is 0 Å². The standard InChI is InChI=1S/C15H21N3O2/c1-4-5-6-11(2)17-18-15(20)13-7-9-14(10-8-13)16-12(3)19/h7-10H,4-6H2,1-3H3,(H,16,19)(H,18,20). The maximum Gasteiger partial charge on any atom is 0.271 e. The van der Waals surface area contributed by atoms with E-state index in [9.17, 15) is 9.59 Å². The van der Waals surface area contributed by atoms with Gasteiger partial charge in [0.1, 0.15) is 0 Å². The molecule has 108 valence electrons. The van der Waals surface area contributed by atoms with Gasteiger partial charge in [-0.2, -0.15) is 5.10 Å². The van der Waals surface area contributed by atoms with Gasteiger partial charge in [-0.3, -0.25) is 9.59 Å². The Kier molecular flexibility index (Phi) is 6.43. The molecule has 0 aliphatic carbocycles. The molecule has 0 aliphatic rings. The monoisotopic (exact) mass is 275 g/mol. The van der Waals surface area contributed by atoms with Gasteiger partial charge in [0.25, 0.3) is 5.91 Å². The van der Waals surface area contributed by atoms with Crippen LogP contribution in [0.2, 0.25) is 0 Å². The largest absolute Gasteiger partial charge is 0.326 e. The number of unbranched alkanes of at least 4 members (excludes halogenated alkanes) is 1. The molecule has 1 aromatic rings. The van der Waals surface area contributed by atoms with Gasteiger partial charge >= 0.3 is 0 Å². The van der Waals surface area contributed by atoms with Crippen molar-refractivity contribution in [2.75, 3.05) is 5.32 Å². The number of hydrogen-bond donors (Lipinski definition) is 2. The Balaban J connectivity index is 2.57. The number of carbonyl (C=O) groups is 2. The van der Waals surface area contributed by atoms with Gasteiger partial charge in [0, 0.05) is 23.9 Å². The third kappa shape index (κ3) is 5.65. The molecule has 0 unspecified atom stereocenters. The summed E-state index contributed by atoms with van der Waals surface area (Å²) in [6, 6.07) is 6.67. The fourth-order valence-corrected chi connectivity index (χ4v) is 1.61. The van der Waals surface area contributed by atoms with Gasteiger partial charge in [0.2, 0.25) is 5.91 Å². The first-order chi connectivity index (χ1) is 9.52. The summed E-state index contributed by atoms with van der Waals surface area (Å²) in [5, 5.41) is 6.70. The number of hydrazone groups is 1. The normalized spacial score (nSPS) is 11.1. The van der Waals surface area contributed by atoms with Crippen LogP contribution in [0.15, 0.2) is 29.4 Å². The van der Waals surface area contributed by atoms with Gasteiger partial charge < -0.3 is 5.32 Å². The summed E-state index contributed by atoms with van der Waals surface area (Å²) in [5.41, 5.74) is 4.61. The van der Waals surface area contributed by atoms with Gasteiger partial charge in [0.15, 0.2) is 0 Å². The van der Waals surface area contributed by atoms with Crippen molar-refractivity contribution in [3.63, 3.8) is 0 Å². The highest BCUT2D eigenvalue weighted by molar-refractivity contribution is 5.96. The third-order valence-electron chi connectivity index (χ3n) is 2.71. The SMILES string of the molecule is CCCCC(C)=NNC(=O)c1ccc(NC(C)=O)cc1. The zero-order valence-electron chi connectivity index (χ0n) is 12.2. The fourth-order valence-electron chi connectivity index (χ4n) is 1.61. The van der Waals surface area contributed by atoms with Crippen LogP contribution in [-0.4, -0.2) is 17.5 Å². The minimum absolute atomic E-state index is 0.140. The van der Waals surface area contributed by atoms with Gasteiger partial charge in [-0.05, 0) is 44.0 Å². The zero-order chi connectivity index (χ0) is 15.0. The highest BCUT2D eigenvalue weighted by Crippen LogP contribution is 2.09. The quantitative estimate of drug-likeness (QED) is 0.619. The molecule has 1 aromatic carbocycles. The lowest BCUT2D eigenvalue weighted by atomic mass is 10.2. The summed E-state index contributed by atoms with van der Waals surface area (Å²) in [7, 11) is 0. The van der Waals surface area contributed by atoms with E-state index in [-0.39, 0.29) is 11.8 Å². The number of anilines is 1. The van der Waals surface area contributed by atoms with E-state index in [0.717, 1.165) is 25.0 Å². The first-order valence-electron chi connectivity index (χ1n) is 6.74. The van der Waals surface area contributed by atoms with Crippen LogP contribution in [0.3, 0.4) is 0 Å². The topological polar surface area (TPSA) is 70.6 Å². The van der Waals surface area contributed by atoms with E-state index in [2.05, 4.69) is 22.8 Å². The molecule has 0 bridgehead atoms. The second kappa shape index (κ2) is 8.09. The molecule has 5 heteroatoms. The number of amides is 2. The van der Waals surface area contributed by atoms with Crippen LogP contribution in [0.1, 0.15) is 50.4 Å². The molecule has 0 radical (unpaired) electrons. The Bertz CT molecular complexity index is 492. The van der Waals surface area contributed by atoms with Crippen LogP contribution in [0.4, 0.5) is 5.69 Å². The molecule has 0 saturated carbocycles. The van der Waals surface area contributed by atoms with E-state index in [1.54, 1.807) is 24.3 Å². The van der Waals surface area contributed by atoms with E-state index in [1.807, 2.05) is 6.92 Å². The number of hydrogen-bond acceptors (Lipinski definition) is 3. The Hall–Kier alpha value is -2.17. The molecule has 2 amide bonds. The molecule has 0 aromatic heterocycles. The molecular weight excluding hydrogens is 254 g/mol. The van der Waals surface area contributed by atoms with Crippen molar-refractivity contribution in [1.82, 2.24) is 5.43 Å². The Morgan fingerprint density at radius 2 is 1.80 bits per heavy atom. The summed E-state index contributed by atoms with van der Waals surface area (Å²) in [6.07, 6.45) is 3.06. The summed E-state index contributed by atoms with van der Waals surface area (Å²) >= 11 is 0. The molecule has 1 rings (SSSR count). The van der Waals surface area contributed by atoms with Crippen LogP contribution >= 0.6 is 0 Å². The van der Waals surface area contributed by atoms with E-state index in [0.29, 0.717) is 11.3 Å². The average molecular weight is 275 g/mol. The lowest BCUT2D eigenvalue weighted by Gasteiger charge is -2.04. The van der Waals surface area contributed by atoms with Crippen LogP contribution in [-0.2, 0) is 4.79 Å². The Morgan fingerprint density at radius 3 is 2.35 bits per heavy atom. The lowest BCUT2D eigenvalue weighted by molar-refractivity contribution is -0.114. The van der Waals surface area contributed by atoms with Crippen molar-refractivity contribution in [2.24, 2.45) is 5.10 Å². The first kappa shape index (κ1) is 15.9. The molecule has 20 heavy (non-hydrogen) atoms. The maximum absolute atomic E-state index is 11.9. The number of carbonyl (C=O) groups excluding carboxylic acids is 2. The van der Waals surface area contributed by atoms with Gasteiger partial charge in [-0.25, -0.2) is 5.43 Å². The maximum atomic E-state index is 11.9. The van der Waals surface area contributed by atoms with E-state index < -0.39 is 0 Å². The molecule has 0 heterocycles. The summed E-state index contributed by atoms with van der Waals surface area (Å²) in [4.78, 5) is 22.7. The number of nitrogens with zero attached hydrogens (tertiary/aromatic N) is 1. The summed E-state index contributed by atoms with van der Waals surface area (Å²) in [5.74, 6) is -0.395. The third-order valence-corrected chi connectivity index (χ3v) is 2.71. The zero-order valence-corrected chi connectivity index (χ0v) is 12.2. The van der Waals surface area contributed by atoms with Crippen LogP contribution in [0.5, 0.6) is 0 Å². The molecule has 0 aliphatic heterocycles. The number of benzene rings is 1. The molecule has 5 nitrogen and oxygen atoms in total. The molecule has 0 fully saturated rings. The van der Waals surface area contributed by atoms with Crippen LogP contribution < -0.4 is 10.7 Å². The molecule has 0 spiro atoms. The summed E-state index contributed by atoms with van der Waals surface area (Å²) in [6.45, 7) is 5.45. The number of nitrogens with one attached hydrogen (secondary N) is 2. The van der Waals surface area contributed by atoms with Crippen LogP contribution in [0.25, 0.3) is 0 Å². The second-order valence-corrected chi connectivity index (χ2v) is 4.65. The predicted octanol–water partition coefficient (Wildman–Crippen LogP) is 2.94. The van der Waals surface area contributed by atoms with Crippen LogP contribution in [0, 0.1) is 0 Å². The van der Waals surface area contributed by atoms with Gasteiger partial charge in [-0.15, -0.1) is 0 Å². The molecule has 0 saturated heterocycles. The summed E-state index contributed by atoms with van der Waals surface area (Å²) < 4.78 is 0. The van der Waals surface area contributed by atoms with Crippen molar-refractivity contribution in [3.8, 4) is 0 Å². The highest BCUT2D eigenvalue weighted by atomic mass is 16.2. The van der Waals surface area contributed by atoms with Crippen molar-refractivity contribution < 1.29 is 9.59 Å².